The number of nitrogens with zero attached hydrogens (tertiary/aromatic N) is 1. The summed E-state index contributed by atoms with van der Waals surface area (Å²) in [6, 6.07) is 7.43. The molecule has 6 heteroatoms. The van der Waals surface area contributed by atoms with E-state index in [-0.39, 0.29) is 11.9 Å². The van der Waals surface area contributed by atoms with E-state index in [0.29, 0.717) is 30.2 Å². The number of thioether (sulfide) groups is 1. The molecule has 0 saturated carbocycles. The van der Waals surface area contributed by atoms with Crippen LogP contribution >= 0.6 is 23.4 Å². The van der Waals surface area contributed by atoms with Gasteiger partial charge in [-0.25, -0.2) is 0 Å². The summed E-state index contributed by atoms with van der Waals surface area (Å²) < 4.78 is 4.55. The van der Waals surface area contributed by atoms with Crippen LogP contribution in [0, 0.1) is 0 Å². The fraction of sp³-hybridized carbons (Fsp3) is 0.429. The van der Waals surface area contributed by atoms with Crippen LogP contribution in [-0.2, 0) is 14.3 Å². The molecule has 1 aromatic rings. The summed E-state index contributed by atoms with van der Waals surface area (Å²) in [5, 5.41) is 0.652. The molecule has 0 aliphatic heterocycles. The molecule has 0 N–H and O–H groups in total. The molecule has 0 atom stereocenters. The number of amides is 1. The van der Waals surface area contributed by atoms with Crippen LogP contribution in [0.25, 0.3) is 0 Å². The Kier molecular flexibility index (Phi) is 7.47. The molecule has 0 heterocycles. The van der Waals surface area contributed by atoms with E-state index < -0.39 is 0 Å². The van der Waals surface area contributed by atoms with E-state index in [2.05, 4.69) is 4.74 Å². The van der Waals surface area contributed by atoms with Gasteiger partial charge < -0.3 is 9.64 Å². The summed E-state index contributed by atoms with van der Waals surface area (Å²) in [7, 11) is 3.09. The molecule has 1 aromatic carbocycles. The fourth-order valence-electron chi connectivity index (χ4n) is 1.50. The van der Waals surface area contributed by atoms with Crippen molar-refractivity contribution in [3.05, 3.63) is 29.3 Å². The van der Waals surface area contributed by atoms with Crippen molar-refractivity contribution in [3.63, 3.8) is 0 Å². The van der Waals surface area contributed by atoms with Crippen molar-refractivity contribution in [2.45, 2.75) is 17.7 Å². The van der Waals surface area contributed by atoms with Crippen molar-refractivity contribution in [1.82, 2.24) is 4.90 Å². The molecule has 1 amide bonds. The molecule has 0 saturated heterocycles. The second-order valence-electron chi connectivity index (χ2n) is 4.21. The lowest BCUT2D eigenvalue weighted by Crippen LogP contribution is -2.29. The van der Waals surface area contributed by atoms with Crippen LogP contribution in [0.15, 0.2) is 29.2 Å². The predicted molar refractivity (Wildman–Crippen MR) is 81.1 cm³/mol. The zero-order chi connectivity index (χ0) is 15.0. The fourth-order valence-corrected chi connectivity index (χ4v) is 2.68. The van der Waals surface area contributed by atoms with Crippen LogP contribution in [0.4, 0.5) is 0 Å². The Bertz CT molecular complexity index is 467. The van der Waals surface area contributed by atoms with Gasteiger partial charge in [-0.1, -0.05) is 23.7 Å². The second-order valence-corrected chi connectivity index (χ2v) is 5.64. The Morgan fingerprint density at radius 1 is 1.35 bits per heavy atom. The summed E-state index contributed by atoms with van der Waals surface area (Å²) in [5.74, 6) is 0.0921. The highest BCUT2D eigenvalue weighted by Gasteiger charge is 2.11. The predicted octanol–water partition coefficient (Wildman–Crippen LogP) is 2.84. The second kappa shape index (κ2) is 8.87. The lowest BCUT2D eigenvalue weighted by atomic mass is 10.3. The highest BCUT2D eigenvalue weighted by atomic mass is 35.5. The van der Waals surface area contributed by atoms with Crippen molar-refractivity contribution in [2.24, 2.45) is 0 Å². The first-order chi connectivity index (χ1) is 9.54. The molecule has 1 rings (SSSR count). The number of hydrogen-bond donors (Lipinski definition) is 0. The number of benzene rings is 1. The van der Waals surface area contributed by atoms with Crippen molar-refractivity contribution >= 4 is 35.2 Å². The highest BCUT2D eigenvalue weighted by molar-refractivity contribution is 8.00. The van der Waals surface area contributed by atoms with E-state index in [1.807, 2.05) is 18.2 Å². The Morgan fingerprint density at radius 3 is 2.70 bits per heavy atom. The third-order valence-corrected chi connectivity index (χ3v) is 4.22. The zero-order valence-electron chi connectivity index (χ0n) is 11.6. The first-order valence-corrected chi connectivity index (χ1v) is 7.59. The minimum absolute atomic E-state index is 0.0137. The van der Waals surface area contributed by atoms with Crippen molar-refractivity contribution in [3.8, 4) is 0 Å². The molecule has 20 heavy (non-hydrogen) atoms. The van der Waals surface area contributed by atoms with Gasteiger partial charge in [0.1, 0.15) is 0 Å². The number of carbonyl (C=O) groups is 2. The number of halogens is 1. The topological polar surface area (TPSA) is 46.6 Å². The SMILES string of the molecule is COC(=O)CCCN(C)C(=O)CSc1ccccc1Cl. The van der Waals surface area contributed by atoms with Crippen molar-refractivity contribution in [1.29, 1.82) is 0 Å². The molecule has 0 aromatic heterocycles. The maximum Gasteiger partial charge on any atom is 0.305 e. The Labute approximate surface area is 128 Å². The lowest BCUT2D eigenvalue weighted by molar-refractivity contribution is -0.141. The van der Waals surface area contributed by atoms with Crippen LogP contribution in [0.5, 0.6) is 0 Å². The van der Waals surface area contributed by atoms with Gasteiger partial charge in [0.05, 0.1) is 17.9 Å². The average molecular weight is 316 g/mol. The number of ether oxygens (including phenoxy) is 1. The van der Waals surface area contributed by atoms with Gasteiger partial charge >= 0.3 is 5.97 Å². The standard InChI is InChI=1S/C14H18ClNO3S/c1-16(9-5-8-14(18)19-2)13(17)10-20-12-7-4-3-6-11(12)15/h3-4,6-7H,5,8-10H2,1-2H3. The number of rotatable bonds is 7. The van der Waals surface area contributed by atoms with Crippen molar-refractivity contribution in [2.75, 3.05) is 26.5 Å². The van der Waals surface area contributed by atoms with Gasteiger partial charge in [0.15, 0.2) is 0 Å². The van der Waals surface area contributed by atoms with E-state index in [0.717, 1.165) is 4.90 Å². The third-order valence-electron chi connectivity index (χ3n) is 2.72. The van der Waals surface area contributed by atoms with Gasteiger partial charge in [0.2, 0.25) is 5.91 Å². The van der Waals surface area contributed by atoms with Crippen LogP contribution in [0.2, 0.25) is 5.02 Å². The molecule has 0 radical (unpaired) electrons. The Balaban J connectivity index is 2.31. The van der Waals surface area contributed by atoms with Crippen LogP contribution < -0.4 is 0 Å². The quantitative estimate of drug-likeness (QED) is 0.573. The van der Waals surface area contributed by atoms with E-state index >= 15 is 0 Å². The van der Waals surface area contributed by atoms with Crippen LogP contribution in [0.1, 0.15) is 12.8 Å². The average Bonchev–Trinajstić information content (AvgIpc) is 2.45. The summed E-state index contributed by atoms with van der Waals surface area (Å²) >= 11 is 7.44. The van der Waals surface area contributed by atoms with E-state index in [9.17, 15) is 9.59 Å². The van der Waals surface area contributed by atoms with Gasteiger partial charge in [0.25, 0.3) is 0 Å². The van der Waals surface area contributed by atoms with E-state index in [4.69, 9.17) is 11.6 Å². The summed E-state index contributed by atoms with van der Waals surface area (Å²) in [5.41, 5.74) is 0. The van der Waals surface area contributed by atoms with Gasteiger partial charge in [-0.2, -0.15) is 0 Å². The lowest BCUT2D eigenvalue weighted by Gasteiger charge is -2.16. The Morgan fingerprint density at radius 2 is 2.05 bits per heavy atom. The minimum Gasteiger partial charge on any atom is -0.469 e. The number of methoxy groups -OCH3 is 1. The van der Waals surface area contributed by atoms with Gasteiger partial charge in [-0.15, -0.1) is 11.8 Å². The smallest absolute Gasteiger partial charge is 0.305 e. The monoisotopic (exact) mass is 315 g/mol. The molecule has 0 fully saturated rings. The summed E-state index contributed by atoms with van der Waals surface area (Å²) in [6.45, 7) is 0.539. The Hall–Kier alpha value is -1.20. The molecular weight excluding hydrogens is 298 g/mol. The summed E-state index contributed by atoms with van der Waals surface area (Å²) in [4.78, 5) is 25.4. The zero-order valence-corrected chi connectivity index (χ0v) is 13.2. The molecule has 0 bridgehead atoms. The summed E-state index contributed by atoms with van der Waals surface area (Å²) in [6.07, 6.45) is 0.928. The minimum atomic E-state index is -0.253. The van der Waals surface area contributed by atoms with Crippen LogP contribution in [0.3, 0.4) is 0 Å². The molecule has 4 nitrogen and oxygen atoms in total. The van der Waals surface area contributed by atoms with E-state index in [1.54, 1.807) is 18.0 Å². The van der Waals surface area contributed by atoms with Gasteiger partial charge in [0, 0.05) is 24.9 Å². The van der Waals surface area contributed by atoms with Gasteiger partial charge in [-0.3, -0.25) is 9.59 Å². The molecule has 110 valence electrons. The maximum atomic E-state index is 11.9. The number of carbonyl (C=O) groups excluding carboxylic acids is 2. The molecule has 0 unspecified atom stereocenters. The molecule has 0 spiro atoms. The maximum absolute atomic E-state index is 11.9. The molecule has 0 aliphatic carbocycles. The largest absolute Gasteiger partial charge is 0.469 e. The number of esters is 1. The number of hydrogen-bond acceptors (Lipinski definition) is 4. The third kappa shape index (κ3) is 5.84. The van der Waals surface area contributed by atoms with Gasteiger partial charge in [-0.05, 0) is 18.6 Å². The molecule has 0 aliphatic rings. The first-order valence-electron chi connectivity index (χ1n) is 6.22. The highest BCUT2D eigenvalue weighted by Crippen LogP contribution is 2.26. The normalized spacial score (nSPS) is 10.2. The first kappa shape index (κ1) is 16.9. The van der Waals surface area contributed by atoms with Crippen molar-refractivity contribution < 1.29 is 14.3 Å². The van der Waals surface area contributed by atoms with E-state index in [1.165, 1.54) is 18.9 Å². The molecular formula is C14H18ClNO3S. The van der Waals surface area contributed by atoms with Crippen LogP contribution in [-0.4, -0.2) is 43.2 Å².